The minimum Gasteiger partial charge on any atom is -0.506 e. The summed E-state index contributed by atoms with van der Waals surface area (Å²) < 4.78 is 1.94. The Labute approximate surface area is 141 Å². The van der Waals surface area contributed by atoms with Gasteiger partial charge in [0.05, 0.1) is 0 Å². The van der Waals surface area contributed by atoms with E-state index in [1.807, 2.05) is 0 Å². The zero-order chi connectivity index (χ0) is 14.7. The molecule has 1 N–H and O–H groups in total. The molecule has 2 rings (SSSR count). The maximum absolute atomic E-state index is 12.2. The van der Waals surface area contributed by atoms with Gasteiger partial charge in [0.15, 0.2) is 0 Å². The molecule has 0 aromatic heterocycles. The summed E-state index contributed by atoms with van der Waals surface area (Å²) in [5.74, 6) is -0.344. The first-order chi connectivity index (χ1) is 9.49. The molecule has 2 aromatic rings. The fourth-order valence-corrected chi connectivity index (χ4v) is 2.56. The zero-order valence-corrected chi connectivity index (χ0v) is 14.9. The standard InChI is InChI=1S/C15H9Br3O2/c16-11-5-1-9(2-6-11)14(19)13(18)15(20)10-3-7-12(17)8-4-10/h1-8,19H. The van der Waals surface area contributed by atoms with Crippen molar-refractivity contribution in [2.45, 2.75) is 0 Å². The van der Waals surface area contributed by atoms with Gasteiger partial charge in [-0.2, -0.15) is 0 Å². The SMILES string of the molecule is O=C(C(Br)=C(O)c1ccc(Br)cc1)c1ccc(Br)cc1. The normalized spacial score (nSPS) is 11.9. The number of benzene rings is 2. The number of carbonyl (C=O) groups is 1. The molecule has 2 aromatic carbocycles. The van der Waals surface area contributed by atoms with Crippen LogP contribution in [0, 0.1) is 0 Å². The van der Waals surface area contributed by atoms with E-state index in [0.717, 1.165) is 8.95 Å². The van der Waals surface area contributed by atoms with Crippen LogP contribution in [0.4, 0.5) is 0 Å². The van der Waals surface area contributed by atoms with E-state index in [-0.39, 0.29) is 16.0 Å². The molecular weight excluding hydrogens is 452 g/mol. The van der Waals surface area contributed by atoms with Crippen LogP contribution in [0.25, 0.3) is 5.76 Å². The number of Topliss-reactive ketones (excluding diaryl/α,β-unsaturated/α-hetero) is 1. The second-order valence-corrected chi connectivity index (χ2v) is 6.63. The lowest BCUT2D eigenvalue weighted by atomic mass is 10.1. The Morgan fingerprint density at radius 2 is 1.20 bits per heavy atom. The van der Waals surface area contributed by atoms with Gasteiger partial charge in [0.25, 0.3) is 0 Å². The maximum atomic E-state index is 12.2. The van der Waals surface area contributed by atoms with Gasteiger partial charge in [0.2, 0.25) is 5.78 Å². The Morgan fingerprint density at radius 1 is 0.800 bits per heavy atom. The number of allylic oxidation sites excluding steroid dienone is 1. The zero-order valence-electron chi connectivity index (χ0n) is 10.1. The van der Waals surface area contributed by atoms with Gasteiger partial charge < -0.3 is 5.11 Å². The van der Waals surface area contributed by atoms with Crippen LogP contribution in [-0.4, -0.2) is 10.9 Å². The maximum Gasteiger partial charge on any atom is 0.203 e. The van der Waals surface area contributed by atoms with Crippen molar-refractivity contribution >= 4 is 59.3 Å². The number of rotatable bonds is 3. The van der Waals surface area contributed by atoms with Gasteiger partial charge >= 0.3 is 0 Å². The van der Waals surface area contributed by atoms with Crippen LogP contribution < -0.4 is 0 Å². The van der Waals surface area contributed by atoms with Gasteiger partial charge in [-0.25, -0.2) is 0 Å². The van der Waals surface area contributed by atoms with Crippen LogP contribution in [0.15, 0.2) is 62.0 Å². The van der Waals surface area contributed by atoms with Gasteiger partial charge in [-0.15, -0.1) is 0 Å². The molecule has 0 heterocycles. The molecular formula is C15H9Br3O2. The molecule has 0 saturated heterocycles. The lowest BCUT2D eigenvalue weighted by molar-refractivity contribution is 0.104. The van der Waals surface area contributed by atoms with E-state index in [0.29, 0.717) is 11.1 Å². The number of halogens is 3. The summed E-state index contributed by atoms with van der Waals surface area (Å²) in [6.07, 6.45) is 0. The van der Waals surface area contributed by atoms with Crippen molar-refractivity contribution < 1.29 is 9.90 Å². The molecule has 0 spiro atoms. The monoisotopic (exact) mass is 458 g/mol. The molecule has 0 radical (unpaired) electrons. The summed E-state index contributed by atoms with van der Waals surface area (Å²) in [5, 5.41) is 10.2. The quantitative estimate of drug-likeness (QED) is 0.361. The van der Waals surface area contributed by atoms with Crippen molar-refractivity contribution in [1.82, 2.24) is 0 Å². The van der Waals surface area contributed by atoms with Crippen LogP contribution in [0.3, 0.4) is 0 Å². The van der Waals surface area contributed by atoms with Crippen LogP contribution >= 0.6 is 47.8 Å². The van der Waals surface area contributed by atoms with E-state index >= 15 is 0 Å². The number of aliphatic hydroxyl groups is 1. The number of hydrogen-bond donors (Lipinski definition) is 1. The highest BCUT2D eigenvalue weighted by Gasteiger charge is 2.15. The first-order valence-corrected chi connectivity index (χ1v) is 8.02. The van der Waals surface area contributed by atoms with Crippen LogP contribution in [-0.2, 0) is 0 Å². The van der Waals surface area contributed by atoms with Gasteiger partial charge in [0, 0.05) is 20.1 Å². The second kappa shape index (κ2) is 6.70. The molecule has 0 bridgehead atoms. The van der Waals surface area contributed by atoms with Crippen molar-refractivity contribution in [3.8, 4) is 0 Å². The average molecular weight is 461 g/mol. The molecule has 0 fully saturated rings. The van der Waals surface area contributed by atoms with E-state index in [4.69, 9.17) is 0 Å². The van der Waals surface area contributed by atoms with Crippen molar-refractivity contribution in [2.24, 2.45) is 0 Å². The number of ketones is 1. The Morgan fingerprint density at radius 3 is 1.65 bits per heavy atom. The summed E-state index contributed by atoms with van der Waals surface area (Å²) >= 11 is 9.81. The largest absolute Gasteiger partial charge is 0.506 e. The van der Waals surface area contributed by atoms with E-state index in [1.54, 1.807) is 48.5 Å². The summed E-state index contributed by atoms with van der Waals surface area (Å²) in [6, 6.07) is 14.0. The first kappa shape index (κ1) is 15.5. The highest BCUT2D eigenvalue weighted by Crippen LogP contribution is 2.25. The van der Waals surface area contributed by atoms with Crippen molar-refractivity contribution in [3.05, 3.63) is 73.1 Å². The third kappa shape index (κ3) is 3.59. The van der Waals surface area contributed by atoms with Gasteiger partial charge in [-0.3, -0.25) is 4.79 Å². The Kier molecular flexibility index (Phi) is 5.18. The molecule has 5 heteroatoms. The van der Waals surface area contributed by atoms with Gasteiger partial charge in [-0.05, 0) is 52.3 Å². The predicted molar refractivity (Wildman–Crippen MR) is 91.1 cm³/mol. The summed E-state index contributed by atoms with van der Waals surface area (Å²) in [6.45, 7) is 0. The molecule has 2 nitrogen and oxygen atoms in total. The van der Waals surface area contributed by atoms with Crippen LogP contribution in [0.5, 0.6) is 0 Å². The average Bonchev–Trinajstić information content (AvgIpc) is 2.46. The molecule has 20 heavy (non-hydrogen) atoms. The summed E-state index contributed by atoms with van der Waals surface area (Å²) in [5.41, 5.74) is 1.08. The Bertz CT molecular complexity index is 659. The molecule has 0 saturated carbocycles. The topological polar surface area (TPSA) is 37.3 Å². The van der Waals surface area contributed by atoms with Crippen molar-refractivity contribution in [1.29, 1.82) is 0 Å². The van der Waals surface area contributed by atoms with Crippen molar-refractivity contribution in [3.63, 3.8) is 0 Å². The lowest BCUT2D eigenvalue weighted by Gasteiger charge is -2.05. The molecule has 0 unspecified atom stereocenters. The van der Waals surface area contributed by atoms with Crippen molar-refractivity contribution in [2.75, 3.05) is 0 Å². The fourth-order valence-electron chi connectivity index (χ4n) is 1.57. The molecule has 0 aliphatic heterocycles. The first-order valence-electron chi connectivity index (χ1n) is 5.64. The van der Waals surface area contributed by atoms with Crippen LogP contribution in [0.2, 0.25) is 0 Å². The third-order valence-corrected chi connectivity index (χ3v) is 4.42. The Balaban J connectivity index is 2.35. The predicted octanol–water partition coefficient (Wildman–Crippen LogP) is 5.72. The smallest absolute Gasteiger partial charge is 0.203 e. The lowest BCUT2D eigenvalue weighted by Crippen LogP contribution is -2.01. The Hall–Kier alpha value is -0.910. The number of hydrogen-bond acceptors (Lipinski definition) is 2. The van der Waals surface area contributed by atoms with E-state index in [1.165, 1.54) is 0 Å². The third-order valence-electron chi connectivity index (χ3n) is 2.63. The number of carbonyl (C=O) groups excluding carboxylic acids is 1. The molecule has 102 valence electrons. The van der Waals surface area contributed by atoms with Crippen LogP contribution in [0.1, 0.15) is 15.9 Å². The molecule has 0 amide bonds. The number of aliphatic hydroxyl groups excluding tert-OH is 1. The molecule has 0 atom stereocenters. The summed E-state index contributed by atoms with van der Waals surface area (Å²) in [7, 11) is 0. The molecule has 0 aliphatic rings. The fraction of sp³-hybridized carbons (Fsp3) is 0. The minimum absolute atomic E-state index is 0.0783. The second-order valence-electron chi connectivity index (χ2n) is 4.01. The minimum atomic E-state index is -0.266. The van der Waals surface area contributed by atoms with Gasteiger partial charge in [-0.1, -0.05) is 44.0 Å². The van der Waals surface area contributed by atoms with Gasteiger partial charge in [0.1, 0.15) is 10.2 Å². The van der Waals surface area contributed by atoms with E-state index < -0.39 is 0 Å². The molecule has 0 aliphatic carbocycles. The van der Waals surface area contributed by atoms with E-state index in [9.17, 15) is 9.90 Å². The van der Waals surface area contributed by atoms with E-state index in [2.05, 4.69) is 47.8 Å². The highest BCUT2D eigenvalue weighted by molar-refractivity contribution is 9.12. The summed E-state index contributed by atoms with van der Waals surface area (Å²) in [4.78, 5) is 12.2. The highest BCUT2D eigenvalue weighted by atomic mass is 79.9.